The molecule has 5 heteroatoms. The summed E-state index contributed by atoms with van der Waals surface area (Å²) < 4.78 is 0. The van der Waals surface area contributed by atoms with Crippen LogP contribution in [0.3, 0.4) is 0 Å². The molecule has 0 atom stereocenters. The zero-order chi connectivity index (χ0) is 10.2. The Morgan fingerprint density at radius 3 is 2.71 bits per heavy atom. The smallest absolute Gasteiger partial charge is 0.272 e. The minimum atomic E-state index is -0.186. The van der Waals surface area contributed by atoms with Crippen LogP contribution < -0.4 is 5.32 Å². The zero-order valence-electron chi connectivity index (χ0n) is 7.75. The largest absolute Gasteiger partial charge is 0.345 e. The maximum Gasteiger partial charge on any atom is 0.272 e. The number of hydrogen-bond donors (Lipinski definition) is 1. The van der Waals surface area contributed by atoms with Gasteiger partial charge in [0.25, 0.3) is 5.91 Å². The standard InChI is InChI=1S/C9H10ClN3O/c1-9(4-5-9)11-8(14)6-2-3-7(10)13-12-6/h2-3H,4-5H2,1H3,(H,11,14). The molecule has 0 bridgehead atoms. The molecule has 1 aromatic heterocycles. The first-order valence-electron chi connectivity index (χ1n) is 4.41. The molecule has 0 saturated heterocycles. The minimum Gasteiger partial charge on any atom is -0.345 e. The van der Waals surface area contributed by atoms with E-state index < -0.39 is 0 Å². The van der Waals surface area contributed by atoms with E-state index in [1.165, 1.54) is 0 Å². The molecule has 0 radical (unpaired) electrons. The second-order valence-corrected chi connectivity index (χ2v) is 4.14. The fraction of sp³-hybridized carbons (Fsp3) is 0.444. The van der Waals surface area contributed by atoms with Crippen LogP contribution in [0.5, 0.6) is 0 Å². The van der Waals surface area contributed by atoms with Crippen molar-refractivity contribution in [1.82, 2.24) is 15.5 Å². The Balaban J connectivity index is 2.07. The lowest BCUT2D eigenvalue weighted by Gasteiger charge is -2.09. The first-order chi connectivity index (χ1) is 6.59. The fourth-order valence-corrected chi connectivity index (χ4v) is 1.19. The Morgan fingerprint density at radius 2 is 2.21 bits per heavy atom. The number of halogens is 1. The van der Waals surface area contributed by atoms with E-state index in [4.69, 9.17) is 11.6 Å². The Hall–Kier alpha value is -1.16. The monoisotopic (exact) mass is 211 g/mol. The van der Waals surface area contributed by atoms with Crippen LogP contribution in [-0.2, 0) is 0 Å². The summed E-state index contributed by atoms with van der Waals surface area (Å²) in [6, 6.07) is 3.12. The van der Waals surface area contributed by atoms with Gasteiger partial charge in [-0.05, 0) is 31.9 Å². The van der Waals surface area contributed by atoms with E-state index in [1.807, 2.05) is 6.92 Å². The molecule has 0 unspecified atom stereocenters. The van der Waals surface area contributed by atoms with Crippen molar-refractivity contribution in [3.05, 3.63) is 23.0 Å². The summed E-state index contributed by atoms with van der Waals surface area (Å²) in [4.78, 5) is 11.6. The van der Waals surface area contributed by atoms with E-state index in [2.05, 4.69) is 15.5 Å². The minimum absolute atomic E-state index is 0.0294. The van der Waals surface area contributed by atoms with Gasteiger partial charge in [-0.2, -0.15) is 0 Å². The maximum atomic E-state index is 11.6. The van der Waals surface area contributed by atoms with Crippen molar-refractivity contribution in [3.63, 3.8) is 0 Å². The van der Waals surface area contributed by atoms with Crippen molar-refractivity contribution in [1.29, 1.82) is 0 Å². The van der Waals surface area contributed by atoms with Gasteiger partial charge in [-0.15, -0.1) is 10.2 Å². The molecule has 1 N–H and O–H groups in total. The molecule has 1 saturated carbocycles. The molecular weight excluding hydrogens is 202 g/mol. The van der Waals surface area contributed by atoms with E-state index in [-0.39, 0.29) is 11.4 Å². The Morgan fingerprint density at radius 1 is 1.50 bits per heavy atom. The Labute approximate surface area is 86.7 Å². The second-order valence-electron chi connectivity index (χ2n) is 3.76. The normalized spacial score (nSPS) is 17.6. The molecule has 0 aliphatic heterocycles. The van der Waals surface area contributed by atoms with E-state index in [0.717, 1.165) is 12.8 Å². The van der Waals surface area contributed by atoms with Gasteiger partial charge in [0, 0.05) is 5.54 Å². The third kappa shape index (κ3) is 2.01. The van der Waals surface area contributed by atoms with E-state index in [9.17, 15) is 4.79 Å². The predicted octanol–water partition coefficient (Wildman–Crippen LogP) is 1.41. The van der Waals surface area contributed by atoms with Crippen molar-refractivity contribution in [2.24, 2.45) is 0 Å². The van der Waals surface area contributed by atoms with Gasteiger partial charge in [0.2, 0.25) is 0 Å². The molecule has 0 spiro atoms. The molecule has 0 aromatic carbocycles. The quantitative estimate of drug-likeness (QED) is 0.805. The zero-order valence-corrected chi connectivity index (χ0v) is 8.51. The number of rotatable bonds is 2. The number of nitrogens with zero attached hydrogens (tertiary/aromatic N) is 2. The van der Waals surface area contributed by atoms with E-state index >= 15 is 0 Å². The maximum absolute atomic E-state index is 11.6. The van der Waals surface area contributed by atoms with Gasteiger partial charge in [0.05, 0.1) is 0 Å². The lowest BCUT2D eigenvalue weighted by atomic mass is 10.3. The molecule has 74 valence electrons. The van der Waals surface area contributed by atoms with Gasteiger partial charge in [0.1, 0.15) is 0 Å². The molecule has 1 aliphatic carbocycles. The number of aromatic nitrogens is 2. The van der Waals surface area contributed by atoms with Crippen LogP contribution >= 0.6 is 11.6 Å². The third-order valence-electron chi connectivity index (χ3n) is 2.28. The summed E-state index contributed by atoms with van der Waals surface area (Å²) in [7, 11) is 0. The lowest BCUT2D eigenvalue weighted by Crippen LogP contribution is -2.34. The molecule has 1 amide bonds. The molecule has 1 heterocycles. The van der Waals surface area contributed by atoms with Crippen LogP contribution in [0.2, 0.25) is 5.15 Å². The van der Waals surface area contributed by atoms with Crippen LogP contribution in [-0.4, -0.2) is 21.6 Å². The van der Waals surface area contributed by atoms with Gasteiger partial charge in [-0.1, -0.05) is 11.6 Å². The van der Waals surface area contributed by atoms with Crippen LogP contribution in [0, 0.1) is 0 Å². The molecule has 1 fully saturated rings. The average molecular weight is 212 g/mol. The second kappa shape index (κ2) is 3.20. The molecule has 1 aromatic rings. The molecule has 2 rings (SSSR count). The van der Waals surface area contributed by atoms with Gasteiger partial charge >= 0.3 is 0 Å². The molecule has 4 nitrogen and oxygen atoms in total. The van der Waals surface area contributed by atoms with Gasteiger partial charge < -0.3 is 5.32 Å². The first-order valence-corrected chi connectivity index (χ1v) is 4.79. The highest BCUT2D eigenvalue weighted by Crippen LogP contribution is 2.34. The highest BCUT2D eigenvalue weighted by atomic mass is 35.5. The van der Waals surface area contributed by atoms with Crippen LogP contribution in [0.15, 0.2) is 12.1 Å². The number of hydrogen-bond acceptors (Lipinski definition) is 3. The number of carbonyl (C=O) groups excluding carboxylic acids is 1. The lowest BCUT2D eigenvalue weighted by molar-refractivity contribution is 0.0929. The highest BCUT2D eigenvalue weighted by Gasteiger charge is 2.39. The summed E-state index contributed by atoms with van der Waals surface area (Å²) >= 11 is 5.56. The van der Waals surface area contributed by atoms with Gasteiger partial charge in [-0.25, -0.2) is 0 Å². The fourth-order valence-electron chi connectivity index (χ4n) is 1.09. The van der Waals surface area contributed by atoms with Crippen molar-refractivity contribution in [2.45, 2.75) is 25.3 Å². The Kier molecular flexibility index (Phi) is 2.15. The SMILES string of the molecule is CC1(NC(=O)c2ccc(Cl)nn2)CC1. The Bertz CT molecular complexity index is 359. The van der Waals surface area contributed by atoms with Crippen molar-refractivity contribution in [2.75, 3.05) is 0 Å². The summed E-state index contributed by atoms with van der Waals surface area (Å²) in [5.41, 5.74) is 0.279. The number of nitrogens with one attached hydrogen (secondary N) is 1. The van der Waals surface area contributed by atoms with Crippen LogP contribution in [0.25, 0.3) is 0 Å². The van der Waals surface area contributed by atoms with Gasteiger partial charge in [-0.3, -0.25) is 4.79 Å². The highest BCUT2D eigenvalue weighted by molar-refractivity contribution is 6.29. The number of amides is 1. The predicted molar refractivity (Wildman–Crippen MR) is 52.1 cm³/mol. The summed E-state index contributed by atoms with van der Waals surface area (Å²) in [5, 5.41) is 10.5. The number of carbonyl (C=O) groups is 1. The van der Waals surface area contributed by atoms with Crippen molar-refractivity contribution < 1.29 is 4.79 Å². The topological polar surface area (TPSA) is 54.9 Å². The molecular formula is C9H10ClN3O. The van der Waals surface area contributed by atoms with E-state index in [0.29, 0.717) is 10.8 Å². The molecule has 1 aliphatic rings. The summed E-state index contributed by atoms with van der Waals surface area (Å²) in [5.74, 6) is -0.186. The van der Waals surface area contributed by atoms with Crippen LogP contribution in [0.1, 0.15) is 30.3 Å². The summed E-state index contributed by atoms with van der Waals surface area (Å²) in [6.07, 6.45) is 2.06. The van der Waals surface area contributed by atoms with Gasteiger partial charge in [0.15, 0.2) is 10.8 Å². The van der Waals surface area contributed by atoms with Crippen molar-refractivity contribution >= 4 is 17.5 Å². The summed E-state index contributed by atoms with van der Waals surface area (Å²) in [6.45, 7) is 2.01. The van der Waals surface area contributed by atoms with Crippen molar-refractivity contribution in [3.8, 4) is 0 Å². The van der Waals surface area contributed by atoms with E-state index in [1.54, 1.807) is 12.1 Å². The first kappa shape index (κ1) is 9.40. The molecule has 14 heavy (non-hydrogen) atoms. The van der Waals surface area contributed by atoms with Crippen LogP contribution in [0.4, 0.5) is 0 Å². The average Bonchev–Trinajstić information content (AvgIpc) is 2.84. The third-order valence-corrected chi connectivity index (χ3v) is 2.48.